The Balaban J connectivity index is 1.99. The molecule has 2 rings (SSSR count). The van der Waals surface area contributed by atoms with Crippen LogP contribution < -0.4 is 0 Å². The molecule has 0 spiro atoms. The van der Waals surface area contributed by atoms with Crippen molar-refractivity contribution in [3.8, 4) is 0 Å². The highest BCUT2D eigenvalue weighted by molar-refractivity contribution is 5.85. The molecule has 0 aromatic heterocycles. The predicted molar refractivity (Wildman–Crippen MR) is 51.0 cm³/mol. The second kappa shape index (κ2) is 2.71. The Kier molecular flexibility index (Phi) is 1.88. The molecule has 0 aromatic carbocycles. The van der Waals surface area contributed by atoms with E-state index < -0.39 is 0 Å². The van der Waals surface area contributed by atoms with Crippen LogP contribution in [0.2, 0.25) is 0 Å². The Bertz CT molecular complexity index is 245. The molecular formula is C10H17NO2. The van der Waals surface area contributed by atoms with Gasteiger partial charge in [0.05, 0.1) is 11.6 Å². The van der Waals surface area contributed by atoms with Gasteiger partial charge >= 0.3 is 0 Å². The average molecular weight is 183 g/mol. The standard InChI is InChI=1S/C10H17NO2/c1-6(2)7-8(13-7)9-11-10(3,4)5-12-9/h6-8H,5H2,1-4H3/t7-,8+/m1/s1. The summed E-state index contributed by atoms with van der Waals surface area (Å²) in [5.74, 6) is 1.36. The largest absolute Gasteiger partial charge is 0.476 e. The van der Waals surface area contributed by atoms with E-state index in [1.807, 2.05) is 0 Å². The van der Waals surface area contributed by atoms with Crippen molar-refractivity contribution in [1.29, 1.82) is 0 Å². The molecule has 2 aliphatic heterocycles. The van der Waals surface area contributed by atoms with E-state index in [4.69, 9.17) is 9.47 Å². The van der Waals surface area contributed by atoms with E-state index in [9.17, 15) is 0 Å². The molecule has 3 heteroatoms. The van der Waals surface area contributed by atoms with Crippen LogP contribution in [0.5, 0.6) is 0 Å². The van der Waals surface area contributed by atoms with Crippen LogP contribution in [0.15, 0.2) is 4.99 Å². The average Bonchev–Trinajstić information content (AvgIpc) is 2.71. The fourth-order valence-corrected chi connectivity index (χ4v) is 1.59. The fraction of sp³-hybridized carbons (Fsp3) is 0.900. The van der Waals surface area contributed by atoms with Crippen molar-refractivity contribution in [3.63, 3.8) is 0 Å². The first-order chi connectivity index (χ1) is 5.99. The van der Waals surface area contributed by atoms with Gasteiger partial charge in [-0.3, -0.25) is 0 Å². The highest BCUT2D eigenvalue weighted by atomic mass is 16.6. The molecular weight excluding hydrogens is 166 g/mol. The van der Waals surface area contributed by atoms with Crippen molar-refractivity contribution in [1.82, 2.24) is 0 Å². The zero-order chi connectivity index (χ0) is 9.64. The molecule has 2 atom stereocenters. The number of ether oxygens (including phenoxy) is 2. The quantitative estimate of drug-likeness (QED) is 0.609. The number of aliphatic imine (C=N–C) groups is 1. The Morgan fingerprint density at radius 3 is 2.54 bits per heavy atom. The molecule has 0 aromatic rings. The third kappa shape index (κ3) is 1.70. The van der Waals surface area contributed by atoms with Crippen molar-refractivity contribution in [3.05, 3.63) is 0 Å². The summed E-state index contributed by atoms with van der Waals surface area (Å²) in [5.41, 5.74) is -0.0528. The van der Waals surface area contributed by atoms with E-state index in [0.717, 1.165) is 5.90 Å². The van der Waals surface area contributed by atoms with Crippen LogP contribution in [0.1, 0.15) is 27.7 Å². The monoisotopic (exact) mass is 183 g/mol. The van der Waals surface area contributed by atoms with Gasteiger partial charge in [0, 0.05) is 0 Å². The van der Waals surface area contributed by atoms with E-state index in [0.29, 0.717) is 18.6 Å². The first-order valence-corrected chi connectivity index (χ1v) is 4.88. The van der Waals surface area contributed by atoms with Crippen molar-refractivity contribution >= 4 is 5.90 Å². The second-order valence-electron chi connectivity index (χ2n) is 4.82. The minimum atomic E-state index is -0.0528. The van der Waals surface area contributed by atoms with Crippen LogP contribution in [0, 0.1) is 5.92 Å². The zero-order valence-corrected chi connectivity index (χ0v) is 8.70. The summed E-state index contributed by atoms with van der Waals surface area (Å²) in [5, 5.41) is 0. The predicted octanol–water partition coefficient (Wildman–Crippen LogP) is 1.62. The molecule has 0 bridgehead atoms. The van der Waals surface area contributed by atoms with E-state index in [1.165, 1.54) is 0 Å². The summed E-state index contributed by atoms with van der Waals surface area (Å²) in [4.78, 5) is 4.48. The minimum Gasteiger partial charge on any atom is -0.476 e. The lowest BCUT2D eigenvalue weighted by atomic mass is 10.1. The van der Waals surface area contributed by atoms with Gasteiger partial charge in [0.25, 0.3) is 0 Å². The molecule has 0 aliphatic carbocycles. The molecule has 0 unspecified atom stereocenters. The summed E-state index contributed by atoms with van der Waals surface area (Å²) in [6.45, 7) is 9.16. The van der Waals surface area contributed by atoms with Gasteiger partial charge in [-0.1, -0.05) is 13.8 Å². The summed E-state index contributed by atoms with van der Waals surface area (Å²) in [6.07, 6.45) is 0.467. The number of nitrogens with zero attached hydrogens (tertiary/aromatic N) is 1. The summed E-state index contributed by atoms with van der Waals surface area (Å²) in [6, 6.07) is 0. The Morgan fingerprint density at radius 2 is 2.15 bits per heavy atom. The van der Waals surface area contributed by atoms with Gasteiger partial charge < -0.3 is 9.47 Å². The lowest BCUT2D eigenvalue weighted by Gasteiger charge is -2.07. The first kappa shape index (κ1) is 9.00. The maximum atomic E-state index is 5.50. The number of hydrogen-bond donors (Lipinski definition) is 0. The van der Waals surface area contributed by atoms with E-state index in [-0.39, 0.29) is 11.6 Å². The van der Waals surface area contributed by atoms with Crippen LogP contribution in [0.25, 0.3) is 0 Å². The van der Waals surface area contributed by atoms with E-state index in [1.54, 1.807) is 0 Å². The van der Waals surface area contributed by atoms with Crippen LogP contribution in [-0.2, 0) is 9.47 Å². The van der Waals surface area contributed by atoms with Gasteiger partial charge in [0.15, 0.2) is 6.10 Å². The van der Waals surface area contributed by atoms with Gasteiger partial charge in [-0.25, -0.2) is 4.99 Å². The molecule has 2 aliphatic rings. The van der Waals surface area contributed by atoms with Crippen molar-refractivity contribution in [2.45, 2.75) is 45.4 Å². The highest BCUT2D eigenvalue weighted by Crippen LogP contribution is 2.33. The number of epoxide rings is 1. The smallest absolute Gasteiger partial charge is 0.216 e. The number of hydrogen-bond acceptors (Lipinski definition) is 3. The minimum absolute atomic E-state index is 0.0528. The summed E-state index contributed by atoms with van der Waals surface area (Å²) < 4.78 is 11.0. The molecule has 0 N–H and O–H groups in total. The topological polar surface area (TPSA) is 34.1 Å². The van der Waals surface area contributed by atoms with Crippen molar-refractivity contribution in [2.75, 3.05) is 6.61 Å². The van der Waals surface area contributed by atoms with Gasteiger partial charge in [-0.2, -0.15) is 0 Å². The van der Waals surface area contributed by atoms with Gasteiger partial charge in [-0.05, 0) is 19.8 Å². The molecule has 0 amide bonds. The van der Waals surface area contributed by atoms with Crippen LogP contribution in [0.4, 0.5) is 0 Å². The Hall–Kier alpha value is -0.570. The van der Waals surface area contributed by atoms with Crippen LogP contribution >= 0.6 is 0 Å². The normalized spacial score (nSPS) is 35.9. The Morgan fingerprint density at radius 1 is 1.46 bits per heavy atom. The van der Waals surface area contributed by atoms with Crippen LogP contribution in [0.3, 0.4) is 0 Å². The lowest BCUT2D eigenvalue weighted by molar-refractivity contribution is 0.265. The SMILES string of the molecule is CC(C)[C@H]1O[C@@H]1C1=NC(C)(C)CO1. The molecule has 13 heavy (non-hydrogen) atoms. The first-order valence-electron chi connectivity index (χ1n) is 4.88. The molecule has 2 heterocycles. The van der Waals surface area contributed by atoms with Crippen LogP contribution in [-0.4, -0.2) is 30.3 Å². The molecule has 3 nitrogen and oxygen atoms in total. The number of rotatable bonds is 2. The molecule has 74 valence electrons. The van der Waals surface area contributed by atoms with E-state index >= 15 is 0 Å². The maximum Gasteiger partial charge on any atom is 0.216 e. The third-order valence-electron chi connectivity index (χ3n) is 2.41. The van der Waals surface area contributed by atoms with E-state index in [2.05, 4.69) is 32.7 Å². The summed E-state index contributed by atoms with van der Waals surface area (Å²) in [7, 11) is 0. The van der Waals surface area contributed by atoms with Gasteiger partial charge in [-0.15, -0.1) is 0 Å². The fourth-order valence-electron chi connectivity index (χ4n) is 1.59. The van der Waals surface area contributed by atoms with Crippen molar-refractivity contribution in [2.24, 2.45) is 10.9 Å². The van der Waals surface area contributed by atoms with Gasteiger partial charge in [0.1, 0.15) is 6.61 Å². The Labute approximate surface area is 79.1 Å². The summed E-state index contributed by atoms with van der Waals surface area (Å²) >= 11 is 0. The zero-order valence-electron chi connectivity index (χ0n) is 8.70. The molecule has 1 saturated heterocycles. The maximum absolute atomic E-state index is 5.50. The lowest BCUT2D eigenvalue weighted by Crippen LogP contribution is -2.17. The molecule has 0 saturated carbocycles. The van der Waals surface area contributed by atoms with Crippen molar-refractivity contribution < 1.29 is 9.47 Å². The third-order valence-corrected chi connectivity index (χ3v) is 2.41. The second-order valence-corrected chi connectivity index (χ2v) is 4.82. The van der Waals surface area contributed by atoms with Gasteiger partial charge in [0.2, 0.25) is 5.90 Å². The highest BCUT2D eigenvalue weighted by Gasteiger charge is 2.48. The molecule has 1 fully saturated rings. The molecule has 0 radical (unpaired) electrons.